The zero-order valence-electron chi connectivity index (χ0n) is 12.3. The first-order valence-electron chi connectivity index (χ1n) is 6.93. The van der Waals surface area contributed by atoms with Crippen LogP contribution in [0.1, 0.15) is 12.5 Å². The maximum absolute atomic E-state index is 5.89. The molecule has 1 aromatic heterocycles. The summed E-state index contributed by atoms with van der Waals surface area (Å²) < 4.78 is 14.5. The molecular weight excluding hydrogens is 334 g/mol. The Morgan fingerprint density at radius 2 is 2.19 bits per heavy atom. The predicted molar refractivity (Wildman–Crippen MR) is 85.8 cm³/mol. The molecule has 114 valence electrons. The van der Waals surface area contributed by atoms with E-state index >= 15 is 0 Å². The third kappa shape index (κ3) is 4.47. The van der Waals surface area contributed by atoms with Crippen molar-refractivity contribution in [1.82, 2.24) is 14.9 Å². The maximum atomic E-state index is 5.89. The van der Waals surface area contributed by atoms with E-state index in [1.54, 1.807) is 12.5 Å². The Morgan fingerprint density at radius 1 is 1.33 bits per heavy atom. The van der Waals surface area contributed by atoms with Crippen molar-refractivity contribution in [1.29, 1.82) is 0 Å². The maximum Gasteiger partial charge on any atom is 0.175 e. The molecule has 21 heavy (non-hydrogen) atoms. The summed E-state index contributed by atoms with van der Waals surface area (Å²) in [6, 6.07) is 4.06. The second-order valence-corrected chi connectivity index (χ2v) is 5.37. The summed E-state index contributed by atoms with van der Waals surface area (Å²) in [6.07, 6.45) is 5.45. The quantitative estimate of drug-likeness (QED) is 0.792. The van der Waals surface area contributed by atoms with E-state index in [2.05, 4.69) is 26.2 Å². The van der Waals surface area contributed by atoms with Crippen LogP contribution in [-0.2, 0) is 13.1 Å². The fraction of sp³-hybridized carbons (Fsp3) is 0.400. The summed E-state index contributed by atoms with van der Waals surface area (Å²) in [4.78, 5) is 4.01. The lowest BCUT2D eigenvalue weighted by molar-refractivity contribution is 0.264. The SMILES string of the molecule is CCOc1cc(CNC)cc(Br)c1OCCn1ccnc1. The largest absolute Gasteiger partial charge is 0.490 e. The van der Waals surface area contributed by atoms with Crippen LogP contribution in [0.15, 0.2) is 35.3 Å². The summed E-state index contributed by atoms with van der Waals surface area (Å²) in [5.41, 5.74) is 1.15. The molecule has 0 spiro atoms. The Bertz CT molecular complexity index is 558. The van der Waals surface area contributed by atoms with Crippen molar-refractivity contribution in [3.63, 3.8) is 0 Å². The summed E-state index contributed by atoms with van der Waals surface area (Å²) in [7, 11) is 1.92. The van der Waals surface area contributed by atoms with E-state index in [-0.39, 0.29) is 0 Å². The van der Waals surface area contributed by atoms with Gasteiger partial charge in [-0.3, -0.25) is 0 Å². The highest BCUT2D eigenvalue weighted by molar-refractivity contribution is 9.10. The van der Waals surface area contributed by atoms with Gasteiger partial charge in [-0.15, -0.1) is 0 Å². The van der Waals surface area contributed by atoms with Gasteiger partial charge in [-0.2, -0.15) is 0 Å². The van der Waals surface area contributed by atoms with Gasteiger partial charge in [-0.1, -0.05) is 0 Å². The van der Waals surface area contributed by atoms with Crippen LogP contribution in [-0.4, -0.2) is 29.8 Å². The summed E-state index contributed by atoms with van der Waals surface area (Å²) >= 11 is 3.56. The van der Waals surface area contributed by atoms with Gasteiger partial charge in [0.2, 0.25) is 0 Å². The van der Waals surface area contributed by atoms with Gasteiger partial charge in [0.1, 0.15) is 6.61 Å². The van der Waals surface area contributed by atoms with Gasteiger partial charge < -0.3 is 19.4 Å². The van der Waals surface area contributed by atoms with E-state index in [0.717, 1.165) is 34.6 Å². The average Bonchev–Trinajstić information content (AvgIpc) is 2.95. The number of nitrogens with one attached hydrogen (secondary N) is 1. The minimum atomic E-state index is 0.556. The predicted octanol–water partition coefficient (Wildman–Crippen LogP) is 2.84. The molecule has 0 fully saturated rings. The normalized spacial score (nSPS) is 10.6. The number of aromatic nitrogens is 2. The van der Waals surface area contributed by atoms with Crippen LogP contribution in [0.5, 0.6) is 11.5 Å². The lowest BCUT2D eigenvalue weighted by atomic mass is 10.2. The molecule has 2 rings (SSSR count). The first-order chi connectivity index (χ1) is 10.2. The molecule has 0 saturated carbocycles. The minimum absolute atomic E-state index is 0.556. The number of imidazole rings is 1. The van der Waals surface area contributed by atoms with E-state index in [9.17, 15) is 0 Å². The van der Waals surface area contributed by atoms with Gasteiger partial charge in [-0.25, -0.2) is 4.98 Å². The molecule has 0 saturated heterocycles. The third-order valence-electron chi connectivity index (χ3n) is 2.91. The lowest BCUT2D eigenvalue weighted by Crippen LogP contribution is -2.09. The number of rotatable bonds is 8. The number of hydrogen-bond donors (Lipinski definition) is 1. The molecule has 0 radical (unpaired) electrons. The van der Waals surface area contributed by atoms with E-state index in [1.807, 2.05) is 36.9 Å². The molecule has 0 aliphatic carbocycles. The van der Waals surface area contributed by atoms with Crippen LogP contribution >= 0.6 is 15.9 Å². The highest BCUT2D eigenvalue weighted by Crippen LogP contribution is 2.37. The van der Waals surface area contributed by atoms with Crippen molar-refractivity contribution in [3.05, 3.63) is 40.9 Å². The van der Waals surface area contributed by atoms with Crippen LogP contribution in [0.4, 0.5) is 0 Å². The van der Waals surface area contributed by atoms with Crippen molar-refractivity contribution >= 4 is 15.9 Å². The molecule has 1 heterocycles. The van der Waals surface area contributed by atoms with Crippen molar-refractivity contribution in [2.75, 3.05) is 20.3 Å². The molecule has 1 N–H and O–H groups in total. The monoisotopic (exact) mass is 353 g/mol. The molecule has 0 bridgehead atoms. The first-order valence-corrected chi connectivity index (χ1v) is 7.72. The van der Waals surface area contributed by atoms with E-state index in [0.29, 0.717) is 13.2 Å². The molecule has 1 aromatic carbocycles. The van der Waals surface area contributed by atoms with Crippen LogP contribution in [0.2, 0.25) is 0 Å². The van der Waals surface area contributed by atoms with Gasteiger partial charge >= 0.3 is 0 Å². The van der Waals surface area contributed by atoms with Gasteiger partial charge in [0.25, 0.3) is 0 Å². The lowest BCUT2D eigenvalue weighted by Gasteiger charge is -2.15. The highest BCUT2D eigenvalue weighted by Gasteiger charge is 2.12. The Kier molecular flexibility index (Phi) is 6.07. The first kappa shape index (κ1) is 15.9. The van der Waals surface area contributed by atoms with Crippen LogP contribution in [0.25, 0.3) is 0 Å². The van der Waals surface area contributed by atoms with Gasteiger partial charge in [0.15, 0.2) is 11.5 Å². The van der Waals surface area contributed by atoms with Crippen LogP contribution in [0.3, 0.4) is 0 Å². The van der Waals surface area contributed by atoms with Gasteiger partial charge in [-0.05, 0) is 47.6 Å². The number of nitrogens with zero attached hydrogens (tertiary/aromatic N) is 2. The highest BCUT2D eigenvalue weighted by atomic mass is 79.9. The molecule has 0 aliphatic rings. The number of halogens is 1. The molecule has 0 amide bonds. The van der Waals surface area contributed by atoms with Crippen molar-refractivity contribution in [2.24, 2.45) is 0 Å². The zero-order valence-corrected chi connectivity index (χ0v) is 13.9. The van der Waals surface area contributed by atoms with Crippen molar-refractivity contribution < 1.29 is 9.47 Å². The smallest absolute Gasteiger partial charge is 0.175 e. The molecule has 0 aliphatic heterocycles. The number of ether oxygens (including phenoxy) is 2. The van der Waals surface area contributed by atoms with Gasteiger partial charge in [0.05, 0.1) is 24.0 Å². The molecule has 5 nitrogen and oxygen atoms in total. The van der Waals surface area contributed by atoms with Crippen LogP contribution in [0, 0.1) is 0 Å². The van der Waals surface area contributed by atoms with Crippen molar-refractivity contribution in [2.45, 2.75) is 20.0 Å². The van der Waals surface area contributed by atoms with Crippen LogP contribution < -0.4 is 14.8 Å². The topological polar surface area (TPSA) is 48.3 Å². The Labute approximate surface area is 133 Å². The number of hydrogen-bond acceptors (Lipinski definition) is 4. The minimum Gasteiger partial charge on any atom is -0.490 e. The Hall–Kier alpha value is -1.53. The summed E-state index contributed by atoms with van der Waals surface area (Å²) in [5.74, 6) is 1.51. The van der Waals surface area contributed by atoms with Gasteiger partial charge in [0, 0.05) is 18.9 Å². The molecule has 0 unspecified atom stereocenters. The van der Waals surface area contributed by atoms with E-state index in [1.165, 1.54) is 0 Å². The summed E-state index contributed by atoms with van der Waals surface area (Å²) in [6.45, 7) is 4.66. The second kappa shape index (κ2) is 8.05. The average molecular weight is 354 g/mol. The fourth-order valence-corrected chi connectivity index (χ4v) is 2.61. The second-order valence-electron chi connectivity index (χ2n) is 4.52. The Balaban J connectivity index is 2.08. The Morgan fingerprint density at radius 3 is 2.86 bits per heavy atom. The van der Waals surface area contributed by atoms with Crippen molar-refractivity contribution in [3.8, 4) is 11.5 Å². The number of benzene rings is 1. The molecule has 0 atom stereocenters. The molecular formula is C15H20BrN3O2. The summed E-state index contributed by atoms with van der Waals surface area (Å²) in [5, 5.41) is 3.13. The molecule has 2 aromatic rings. The van der Waals surface area contributed by atoms with E-state index < -0.39 is 0 Å². The molecule has 6 heteroatoms. The standard InChI is InChI=1S/C15H20BrN3O2/c1-3-20-14-9-12(10-17-2)8-13(16)15(14)21-7-6-19-5-4-18-11-19/h4-5,8-9,11,17H,3,6-7,10H2,1-2H3. The third-order valence-corrected chi connectivity index (χ3v) is 3.49. The fourth-order valence-electron chi connectivity index (χ4n) is 2.00. The van der Waals surface area contributed by atoms with E-state index in [4.69, 9.17) is 9.47 Å². The zero-order chi connectivity index (χ0) is 15.1.